The van der Waals surface area contributed by atoms with Crippen LogP contribution in [0.2, 0.25) is 0 Å². The van der Waals surface area contributed by atoms with E-state index in [2.05, 4.69) is 16.7 Å². The number of aromatic nitrogens is 1. The summed E-state index contributed by atoms with van der Waals surface area (Å²) in [7, 11) is 0. The fraction of sp³-hybridized carbons (Fsp3) is 0.333. The summed E-state index contributed by atoms with van der Waals surface area (Å²) < 4.78 is 7.72. The minimum Gasteiger partial charge on any atom is -0.462 e. The molecule has 1 fully saturated rings. The van der Waals surface area contributed by atoms with Crippen LogP contribution in [0.15, 0.2) is 65.7 Å². The van der Waals surface area contributed by atoms with Gasteiger partial charge in [-0.15, -0.1) is 0 Å². The summed E-state index contributed by atoms with van der Waals surface area (Å²) in [6, 6.07) is 20.5. The fourth-order valence-corrected chi connectivity index (χ4v) is 5.09. The first-order chi connectivity index (χ1) is 14.3. The normalized spacial score (nSPS) is 15.4. The van der Waals surface area contributed by atoms with Crippen molar-refractivity contribution in [2.75, 3.05) is 6.61 Å². The zero-order valence-corrected chi connectivity index (χ0v) is 17.5. The average Bonchev–Trinajstić information content (AvgIpc) is 3.15. The first-order valence-corrected chi connectivity index (χ1v) is 11.2. The predicted molar refractivity (Wildman–Crippen MR) is 117 cm³/mol. The standard InChI is InChI=1S/C24H26N2O2S/c1-2-28-23(27)22-21(18-12-6-3-7-13-18)26(20-16-10-5-11-17-20)24(29-22)25-19-14-8-4-9-15-19/h3-4,6-9,12-15,20H,2,5,10-11,16-17H2,1H3. The van der Waals surface area contributed by atoms with Gasteiger partial charge in [0.15, 0.2) is 4.80 Å². The van der Waals surface area contributed by atoms with Crippen LogP contribution in [-0.2, 0) is 4.74 Å². The van der Waals surface area contributed by atoms with Crippen LogP contribution in [0.1, 0.15) is 54.7 Å². The second-order valence-corrected chi connectivity index (χ2v) is 8.24. The van der Waals surface area contributed by atoms with E-state index in [4.69, 9.17) is 9.73 Å². The third-order valence-electron chi connectivity index (χ3n) is 5.28. The number of esters is 1. The molecule has 4 nitrogen and oxygen atoms in total. The van der Waals surface area contributed by atoms with Gasteiger partial charge in [-0.3, -0.25) is 0 Å². The molecule has 29 heavy (non-hydrogen) atoms. The molecule has 0 bridgehead atoms. The highest BCUT2D eigenvalue weighted by Crippen LogP contribution is 2.35. The zero-order chi connectivity index (χ0) is 20.1. The molecule has 0 unspecified atom stereocenters. The molecule has 0 atom stereocenters. The van der Waals surface area contributed by atoms with Crippen molar-refractivity contribution in [3.63, 3.8) is 0 Å². The lowest BCUT2D eigenvalue weighted by Gasteiger charge is -2.25. The lowest BCUT2D eigenvalue weighted by atomic mass is 9.94. The van der Waals surface area contributed by atoms with Crippen LogP contribution in [0.5, 0.6) is 0 Å². The number of benzene rings is 2. The molecule has 2 aromatic carbocycles. The van der Waals surface area contributed by atoms with E-state index < -0.39 is 0 Å². The highest BCUT2D eigenvalue weighted by atomic mass is 32.1. The third-order valence-corrected chi connectivity index (χ3v) is 6.32. The molecule has 3 aromatic rings. The van der Waals surface area contributed by atoms with Crippen LogP contribution >= 0.6 is 11.3 Å². The summed E-state index contributed by atoms with van der Waals surface area (Å²) >= 11 is 1.44. The van der Waals surface area contributed by atoms with Gasteiger partial charge in [-0.2, -0.15) is 0 Å². The number of thiazole rings is 1. The molecular formula is C24H26N2O2S. The Balaban J connectivity index is 1.97. The van der Waals surface area contributed by atoms with Crippen LogP contribution in [0, 0.1) is 0 Å². The Labute approximate surface area is 175 Å². The summed E-state index contributed by atoms with van der Waals surface area (Å²) in [5.41, 5.74) is 2.87. The second-order valence-electron chi connectivity index (χ2n) is 7.26. The van der Waals surface area contributed by atoms with E-state index in [-0.39, 0.29) is 5.97 Å². The second kappa shape index (κ2) is 9.23. The Morgan fingerprint density at radius 3 is 2.34 bits per heavy atom. The summed E-state index contributed by atoms with van der Waals surface area (Å²) in [6.07, 6.45) is 5.92. The first-order valence-electron chi connectivity index (χ1n) is 10.4. The van der Waals surface area contributed by atoms with Crippen molar-refractivity contribution in [2.45, 2.75) is 45.1 Å². The Hall–Kier alpha value is -2.66. The van der Waals surface area contributed by atoms with Crippen molar-refractivity contribution in [1.29, 1.82) is 0 Å². The van der Waals surface area contributed by atoms with E-state index in [0.29, 0.717) is 17.5 Å². The van der Waals surface area contributed by atoms with Crippen molar-refractivity contribution < 1.29 is 9.53 Å². The zero-order valence-electron chi connectivity index (χ0n) is 16.7. The number of para-hydroxylation sites is 1. The van der Waals surface area contributed by atoms with Crippen molar-refractivity contribution in [1.82, 2.24) is 4.57 Å². The van der Waals surface area contributed by atoms with Gasteiger partial charge in [-0.1, -0.05) is 79.1 Å². The molecule has 4 rings (SSSR count). The number of carbonyl (C=O) groups is 1. The molecule has 5 heteroatoms. The van der Waals surface area contributed by atoms with Crippen LogP contribution in [0.25, 0.3) is 11.3 Å². The topological polar surface area (TPSA) is 43.6 Å². The molecule has 0 amide bonds. The largest absolute Gasteiger partial charge is 0.462 e. The quantitative estimate of drug-likeness (QED) is 0.478. The molecule has 0 spiro atoms. The third kappa shape index (κ3) is 4.35. The van der Waals surface area contributed by atoms with Gasteiger partial charge in [0.05, 0.1) is 18.0 Å². The van der Waals surface area contributed by atoms with Gasteiger partial charge in [0.2, 0.25) is 0 Å². The number of hydrogen-bond donors (Lipinski definition) is 0. The maximum absolute atomic E-state index is 12.9. The highest BCUT2D eigenvalue weighted by Gasteiger charge is 2.27. The number of hydrogen-bond acceptors (Lipinski definition) is 4. The van der Waals surface area contributed by atoms with Crippen LogP contribution in [-0.4, -0.2) is 17.1 Å². The van der Waals surface area contributed by atoms with Crippen molar-refractivity contribution >= 4 is 23.0 Å². The Morgan fingerprint density at radius 1 is 1.03 bits per heavy atom. The van der Waals surface area contributed by atoms with Crippen molar-refractivity contribution in [3.8, 4) is 11.3 Å². The lowest BCUT2D eigenvalue weighted by Crippen LogP contribution is -2.24. The van der Waals surface area contributed by atoms with E-state index in [9.17, 15) is 4.79 Å². The SMILES string of the molecule is CCOC(=O)c1sc(=Nc2ccccc2)n(C2CCCCC2)c1-c1ccccc1. The molecule has 0 radical (unpaired) electrons. The minimum absolute atomic E-state index is 0.268. The van der Waals surface area contributed by atoms with Crippen LogP contribution < -0.4 is 4.80 Å². The average molecular weight is 407 g/mol. The molecule has 150 valence electrons. The summed E-state index contributed by atoms with van der Waals surface area (Å²) in [6.45, 7) is 2.21. The summed E-state index contributed by atoms with van der Waals surface area (Å²) in [5.74, 6) is -0.268. The monoisotopic (exact) mass is 406 g/mol. The summed E-state index contributed by atoms with van der Waals surface area (Å²) in [4.78, 5) is 19.3. The molecule has 0 N–H and O–H groups in total. The first kappa shape index (κ1) is 19.6. The van der Waals surface area contributed by atoms with Crippen molar-refractivity contribution in [3.05, 3.63) is 70.3 Å². The Kier molecular flexibility index (Phi) is 6.25. The Morgan fingerprint density at radius 2 is 1.69 bits per heavy atom. The Bertz CT molecular complexity index is 1020. The molecule has 1 aliphatic carbocycles. The van der Waals surface area contributed by atoms with E-state index in [1.807, 2.05) is 55.5 Å². The highest BCUT2D eigenvalue weighted by molar-refractivity contribution is 7.11. The molecule has 0 saturated heterocycles. The summed E-state index contributed by atoms with van der Waals surface area (Å²) in [5, 5.41) is 0. The fourth-order valence-electron chi connectivity index (χ4n) is 3.96. The van der Waals surface area contributed by atoms with Crippen LogP contribution in [0.3, 0.4) is 0 Å². The number of ether oxygens (including phenoxy) is 1. The van der Waals surface area contributed by atoms with E-state index in [1.165, 1.54) is 30.6 Å². The van der Waals surface area contributed by atoms with Gasteiger partial charge in [0.25, 0.3) is 0 Å². The lowest BCUT2D eigenvalue weighted by molar-refractivity contribution is 0.0532. The van der Waals surface area contributed by atoms with E-state index in [0.717, 1.165) is 34.6 Å². The molecular weight excluding hydrogens is 380 g/mol. The molecule has 1 aliphatic rings. The van der Waals surface area contributed by atoms with Gasteiger partial charge < -0.3 is 9.30 Å². The smallest absolute Gasteiger partial charge is 0.350 e. The number of rotatable bonds is 5. The molecule has 0 aliphatic heterocycles. The maximum atomic E-state index is 12.9. The van der Waals surface area contributed by atoms with E-state index >= 15 is 0 Å². The molecule has 1 saturated carbocycles. The molecule has 1 heterocycles. The van der Waals surface area contributed by atoms with Gasteiger partial charge in [-0.25, -0.2) is 9.79 Å². The van der Waals surface area contributed by atoms with Gasteiger partial charge in [0, 0.05) is 6.04 Å². The van der Waals surface area contributed by atoms with Gasteiger partial charge in [0.1, 0.15) is 4.88 Å². The van der Waals surface area contributed by atoms with Crippen molar-refractivity contribution in [2.24, 2.45) is 4.99 Å². The number of carbonyl (C=O) groups excluding carboxylic acids is 1. The van der Waals surface area contributed by atoms with Crippen LogP contribution in [0.4, 0.5) is 5.69 Å². The van der Waals surface area contributed by atoms with E-state index in [1.54, 1.807) is 0 Å². The van der Waals surface area contributed by atoms with Gasteiger partial charge >= 0.3 is 5.97 Å². The minimum atomic E-state index is -0.268. The number of nitrogens with zero attached hydrogens (tertiary/aromatic N) is 2. The molecule has 1 aromatic heterocycles. The maximum Gasteiger partial charge on any atom is 0.350 e. The predicted octanol–water partition coefficient (Wildman–Crippen LogP) is 6.13. The van der Waals surface area contributed by atoms with Gasteiger partial charge in [-0.05, 0) is 37.5 Å².